The van der Waals surface area contributed by atoms with Crippen LogP contribution in [-0.4, -0.2) is 36.4 Å². The van der Waals surface area contributed by atoms with Crippen LogP contribution in [0.3, 0.4) is 0 Å². The van der Waals surface area contributed by atoms with E-state index in [9.17, 15) is 13.2 Å². The molecule has 0 bridgehead atoms. The number of nitrogens with two attached hydrogens (primary N) is 2. The number of aryl methyl sites for hydroxylation is 1. The molecule has 2 heterocycles. The molecule has 2 aromatic carbocycles. The predicted molar refractivity (Wildman–Crippen MR) is 123 cm³/mol. The number of hydrogen-bond donors (Lipinski definition) is 2. The third-order valence-corrected chi connectivity index (χ3v) is 5.98. The molecule has 3 aromatic rings. The van der Waals surface area contributed by atoms with E-state index in [4.69, 9.17) is 25.7 Å². The van der Waals surface area contributed by atoms with Gasteiger partial charge < -0.3 is 25.7 Å². The number of nitrogens with zero attached hydrogens (tertiary/aromatic N) is 2. The molecule has 1 aliphatic heterocycles. The van der Waals surface area contributed by atoms with Gasteiger partial charge in [0.1, 0.15) is 18.2 Å². The van der Waals surface area contributed by atoms with E-state index in [2.05, 4.69) is 9.97 Å². The summed E-state index contributed by atoms with van der Waals surface area (Å²) in [5, 5.41) is 0.497. The third kappa shape index (κ3) is 4.68. The zero-order valence-electron chi connectivity index (χ0n) is 19.2. The van der Waals surface area contributed by atoms with E-state index in [1.807, 2.05) is 0 Å². The minimum Gasteiger partial charge on any atom is -0.493 e. The molecule has 4 rings (SSSR count). The van der Waals surface area contributed by atoms with Gasteiger partial charge in [-0.25, -0.2) is 9.97 Å². The Morgan fingerprint density at radius 2 is 1.94 bits per heavy atom. The highest BCUT2D eigenvalue weighted by atomic mass is 19.4. The Hall–Kier alpha value is -3.27. The molecule has 182 valence electrons. The van der Waals surface area contributed by atoms with Crippen LogP contribution in [-0.2, 0) is 10.9 Å². The van der Waals surface area contributed by atoms with Crippen molar-refractivity contribution in [1.82, 2.24) is 9.97 Å². The summed E-state index contributed by atoms with van der Waals surface area (Å²) in [7, 11) is 1.49. The number of rotatable bonds is 6. The van der Waals surface area contributed by atoms with Gasteiger partial charge in [0.15, 0.2) is 11.5 Å². The molecule has 1 aromatic heterocycles. The van der Waals surface area contributed by atoms with E-state index in [-0.39, 0.29) is 24.2 Å². The average molecular weight is 476 g/mol. The Labute approximate surface area is 195 Å². The van der Waals surface area contributed by atoms with Gasteiger partial charge in [-0.2, -0.15) is 13.2 Å². The zero-order chi connectivity index (χ0) is 24.6. The Kier molecular flexibility index (Phi) is 6.44. The highest BCUT2D eigenvalue weighted by Gasteiger charge is 2.33. The standard InChI is InChI=1S/C24H27F3N4O3/c1-12(14-7-15(24(25,26)27)9-16(28)8-14)20-21-18(30-13(2)31-23(21)29)10-19(32-3)22(20)34-11-17-5-4-6-33-17/h7-10,12,17H,4-6,11,28H2,1-3H3,(H2,29,30,31)/t12-,17+/m1/s1. The van der Waals surface area contributed by atoms with E-state index in [1.54, 1.807) is 19.9 Å². The number of fused-ring (bicyclic) bond motifs is 1. The van der Waals surface area contributed by atoms with Crippen LogP contribution >= 0.6 is 0 Å². The molecular weight excluding hydrogens is 449 g/mol. The van der Waals surface area contributed by atoms with Crippen molar-refractivity contribution in [3.63, 3.8) is 0 Å². The molecule has 1 saturated heterocycles. The highest BCUT2D eigenvalue weighted by Crippen LogP contribution is 2.46. The van der Waals surface area contributed by atoms with Crippen LogP contribution in [0.25, 0.3) is 10.9 Å². The number of halogens is 3. The monoisotopic (exact) mass is 476 g/mol. The lowest BCUT2D eigenvalue weighted by Gasteiger charge is -2.24. The molecule has 0 spiro atoms. The van der Waals surface area contributed by atoms with E-state index >= 15 is 0 Å². The number of alkyl halides is 3. The Morgan fingerprint density at radius 1 is 1.18 bits per heavy atom. The first-order valence-corrected chi connectivity index (χ1v) is 10.9. The maximum atomic E-state index is 13.5. The normalized spacial score (nSPS) is 17.2. The van der Waals surface area contributed by atoms with Gasteiger partial charge in [-0.05, 0) is 43.5 Å². The second kappa shape index (κ2) is 9.17. The van der Waals surface area contributed by atoms with E-state index in [0.29, 0.717) is 46.0 Å². The lowest BCUT2D eigenvalue weighted by Crippen LogP contribution is -2.18. The number of methoxy groups -OCH3 is 1. The number of ether oxygens (including phenoxy) is 3. The second-order valence-corrected chi connectivity index (χ2v) is 8.43. The molecule has 10 heteroatoms. The van der Waals surface area contributed by atoms with Crippen LogP contribution < -0.4 is 20.9 Å². The molecule has 34 heavy (non-hydrogen) atoms. The molecule has 0 saturated carbocycles. The molecule has 4 N–H and O–H groups in total. The van der Waals surface area contributed by atoms with Crippen LogP contribution in [0.1, 0.15) is 48.2 Å². The summed E-state index contributed by atoms with van der Waals surface area (Å²) in [4.78, 5) is 8.77. The van der Waals surface area contributed by atoms with Crippen molar-refractivity contribution in [2.75, 3.05) is 31.8 Å². The minimum absolute atomic E-state index is 0.00534. The van der Waals surface area contributed by atoms with Crippen molar-refractivity contribution in [2.45, 2.75) is 44.9 Å². The van der Waals surface area contributed by atoms with Gasteiger partial charge >= 0.3 is 6.18 Å². The summed E-state index contributed by atoms with van der Waals surface area (Å²) in [5.74, 6) is 0.823. The molecule has 0 unspecified atom stereocenters. The Balaban J connectivity index is 1.93. The fourth-order valence-electron chi connectivity index (χ4n) is 4.36. The summed E-state index contributed by atoms with van der Waals surface area (Å²) in [6.45, 7) is 4.40. The molecule has 1 fully saturated rings. The maximum absolute atomic E-state index is 13.5. The van der Waals surface area contributed by atoms with Gasteiger partial charge in [0.25, 0.3) is 0 Å². The molecule has 0 amide bonds. The van der Waals surface area contributed by atoms with Crippen LogP contribution in [0.4, 0.5) is 24.7 Å². The van der Waals surface area contributed by atoms with E-state index < -0.39 is 17.7 Å². The fourth-order valence-corrected chi connectivity index (χ4v) is 4.36. The Bertz CT molecular complexity index is 1210. The number of aromatic nitrogens is 2. The van der Waals surface area contributed by atoms with Crippen molar-refractivity contribution in [3.05, 3.63) is 46.8 Å². The topological polar surface area (TPSA) is 106 Å². The second-order valence-electron chi connectivity index (χ2n) is 8.43. The van der Waals surface area contributed by atoms with E-state index in [0.717, 1.165) is 25.0 Å². The van der Waals surface area contributed by atoms with Gasteiger partial charge in [0, 0.05) is 29.8 Å². The van der Waals surface area contributed by atoms with Crippen molar-refractivity contribution in [2.24, 2.45) is 0 Å². The smallest absolute Gasteiger partial charge is 0.416 e. The first kappa shape index (κ1) is 23.9. The summed E-state index contributed by atoms with van der Waals surface area (Å²) in [5.41, 5.74) is 12.7. The van der Waals surface area contributed by atoms with Gasteiger partial charge in [-0.3, -0.25) is 0 Å². The Morgan fingerprint density at radius 3 is 2.59 bits per heavy atom. The first-order chi connectivity index (χ1) is 16.1. The number of hydrogen-bond acceptors (Lipinski definition) is 7. The fraction of sp³-hybridized carbons (Fsp3) is 0.417. The third-order valence-electron chi connectivity index (χ3n) is 5.98. The molecule has 7 nitrogen and oxygen atoms in total. The number of benzene rings is 2. The molecule has 0 radical (unpaired) electrons. The SMILES string of the molecule is COc1cc2nc(C)nc(N)c2c([C@H](C)c2cc(N)cc(C(F)(F)F)c2)c1OC[C@@H]1CCCO1. The summed E-state index contributed by atoms with van der Waals surface area (Å²) in [6, 6.07) is 5.21. The van der Waals surface area contributed by atoms with Gasteiger partial charge in [0.05, 0.1) is 29.7 Å². The van der Waals surface area contributed by atoms with Crippen LogP contribution in [0, 0.1) is 6.92 Å². The van der Waals surface area contributed by atoms with Crippen LogP contribution in [0.5, 0.6) is 11.5 Å². The number of nitrogen functional groups attached to an aromatic ring is 2. The van der Waals surface area contributed by atoms with Crippen LogP contribution in [0.15, 0.2) is 24.3 Å². The van der Waals surface area contributed by atoms with Crippen molar-refractivity contribution in [1.29, 1.82) is 0 Å². The molecular formula is C24H27F3N4O3. The summed E-state index contributed by atoms with van der Waals surface area (Å²) >= 11 is 0. The van der Waals surface area contributed by atoms with Crippen LogP contribution in [0.2, 0.25) is 0 Å². The zero-order valence-corrected chi connectivity index (χ0v) is 19.2. The lowest BCUT2D eigenvalue weighted by atomic mass is 9.88. The molecule has 0 aliphatic carbocycles. The van der Waals surface area contributed by atoms with Crippen molar-refractivity contribution >= 4 is 22.4 Å². The lowest BCUT2D eigenvalue weighted by molar-refractivity contribution is -0.137. The van der Waals surface area contributed by atoms with Crippen molar-refractivity contribution < 1.29 is 27.4 Å². The average Bonchev–Trinajstić information content (AvgIpc) is 3.28. The minimum atomic E-state index is -4.54. The van der Waals surface area contributed by atoms with Crippen molar-refractivity contribution in [3.8, 4) is 11.5 Å². The van der Waals surface area contributed by atoms with Gasteiger partial charge in [0.2, 0.25) is 0 Å². The maximum Gasteiger partial charge on any atom is 0.416 e. The van der Waals surface area contributed by atoms with E-state index in [1.165, 1.54) is 13.2 Å². The first-order valence-electron chi connectivity index (χ1n) is 10.9. The van der Waals surface area contributed by atoms with Gasteiger partial charge in [-0.1, -0.05) is 6.92 Å². The largest absolute Gasteiger partial charge is 0.493 e. The summed E-state index contributed by atoms with van der Waals surface area (Å²) in [6.07, 6.45) is -2.83. The molecule has 2 atom stereocenters. The quantitative estimate of drug-likeness (QED) is 0.491. The number of anilines is 2. The van der Waals surface area contributed by atoms with Gasteiger partial charge in [-0.15, -0.1) is 0 Å². The molecule has 1 aliphatic rings. The summed E-state index contributed by atoms with van der Waals surface area (Å²) < 4.78 is 58.0. The predicted octanol–water partition coefficient (Wildman–Crippen LogP) is 4.84. The highest BCUT2D eigenvalue weighted by molar-refractivity contribution is 5.95.